The Hall–Kier alpha value is -2.37. The number of amidine groups is 1. The predicted octanol–water partition coefficient (Wildman–Crippen LogP) is 0.0613. The molecule has 0 aliphatic heterocycles. The maximum absolute atomic E-state index is 5.79. The van der Waals surface area contributed by atoms with Gasteiger partial charge in [-0.2, -0.15) is 0 Å². The van der Waals surface area contributed by atoms with Crippen LogP contribution in [0, 0.1) is 0 Å². The smallest absolute Gasteiger partial charge is 0.153 e. The molecule has 0 spiro atoms. The number of nitrogens with two attached hydrogens (primary N) is 1. The minimum absolute atomic E-state index is 0.369. The molecule has 2 rings (SSSR count). The van der Waals surface area contributed by atoms with Gasteiger partial charge in [0.2, 0.25) is 0 Å². The second kappa shape index (κ2) is 6.70. The molecule has 1 heterocycles. The van der Waals surface area contributed by atoms with Gasteiger partial charge in [0.15, 0.2) is 11.7 Å². The van der Waals surface area contributed by atoms with Gasteiger partial charge in [0, 0.05) is 26.0 Å². The average Bonchev–Trinajstić information content (AvgIpc) is 2.47. The van der Waals surface area contributed by atoms with Crippen molar-refractivity contribution in [2.24, 2.45) is 4.99 Å². The van der Waals surface area contributed by atoms with Gasteiger partial charge >= 0.3 is 0 Å². The van der Waals surface area contributed by atoms with E-state index in [4.69, 9.17) is 13.6 Å². The van der Waals surface area contributed by atoms with E-state index >= 15 is 0 Å². The molecule has 0 amide bonds. The first-order valence-corrected chi connectivity index (χ1v) is 6.32. The van der Waals surface area contributed by atoms with Crippen molar-refractivity contribution in [3.63, 3.8) is 0 Å². The summed E-state index contributed by atoms with van der Waals surface area (Å²) in [5, 5.41) is 3.23. The van der Waals surface area contributed by atoms with Crippen molar-refractivity contribution >= 4 is 25.0 Å². The van der Waals surface area contributed by atoms with Gasteiger partial charge in [0.25, 0.3) is 0 Å². The molecule has 20 heavy (non-hydrogen) atoms. The number of aliphatic imine (C=N–C) groups is 1. The average molecular weight is 265 g/mol. The van der Waals surface area contributed by atoms with Gasteiger partial charge in [-0.3, -0.25) is 4.99 Å². The van der Waals surface area contributed by atoms with E-state index < -0.39 is 0 Å². The van der Waals surface area contributed by atoms with Crippen LogP contribution in [0.4, 0.5) is 5.82 Å². The summed E-state index contributed by atoms with van der Waals surface area (Å²) in [5.41, 5.74) is 8.34. The van der Waals surface area contributed by atoms with Crippen molar-refractivity contribution in [3.05, 3.63) is 47.9 Å². The lowest BCUT2D eigenvalue weighted by Gasteiger charge is -2.10. The Labute approximate surface area is 119 Å². The highest BCUT2D eigenvalue weighted by molar-refractivity contribution is 6.32. The van der Waals surface area contributed by atoms with Crippen LogP contribution in [0.5, 0.6) is 0 Å². The minimum Gasteiger partial charge on any atom is -0.382 e. The van der Waals surface area contributed by atoms with Crippen molar-refractivity contribution in [2.75, 3.05) is 19.3 Å². The Morgan fingerprint density at radius 2 is 1.95 bits per heavy atom. The molecule has 0 aliphatic carbocycles. The number of nitrogen functional groups attached to an aromatic ring is 1. The topological polar surface area (TPSA) is 76.2 Å². The van der Waals surface area contributed by atoms with Gasteiger partial charge in [-0.15, -0.1) is 0 Å². The molecule has 0 bridgehead atoms. The Morgan fingerprint density at radius 3 is 2.60 bits per heavy atom. The Kier molecular flexibility index (Phi) is 4.71. The van der Waals surface area contributed by atoms with Gasteiger partial charge in [-0.1, -0.05) is 29.7 Å². The molecule has 0 fully saturated rings. The summed E-state index contributed by atoms with van der Waals surface area (Å²) < 4.78 is 0. The van der Waals surface area contributed by atoms with Crippen LogP contribution in [0.15, 0.2) is 41.7 Å². The third kappa shape index (κ3) is 3.57. The molecule has 100 valence electrons. The SMILES string of the molecule is [B]c1ccc(CCNC(=NC)c2nccnc2N)cc1. The Bertz CT molecular complexity index is 595. The molecule has 1 aromatic carbocycles. The Balaban J connectivity index is 1.95. The molecule has 2 radical (unpaired) electrons. The van der Waals surface area contributed by atoms with E-state index in [0.29, 0.717) is 17.3 Å². The first-order chi connectivity index (χ1) is 9.70. The van der Waals surface area contributed by atoms with Crippen LogP contribution in [0.3, 0.4) is 0 Å². The lowest BCUT2D eigenvalue weighted by atomic mass is 9.95. The zero-order chi connectivity index (χ0) is 14.4. The number of anilines is 1. The van der Waals surface area contributed by atoms with Crippen molar-refractivity contribution in [2.45, 2.75) is 6.42 Å². The standard InChI is InChI=1S/C14H16BN5/c1-17-14(12-13(16)19-9-8-18-12)20-7-6-10-2-4-11(15)5-3-10/h2-5,8-9H,6-7H2,1H3,(H2,16,19)(H,17,20). The van der Waals surface area contributed by atoms with Crippen LogP contribution in [-0.4, -0.2) is 37.2 Å². The molecule has 2 aromatic rings. The van der Waals surface area contributed by atoms with Gasteiger partial charge < -0.3 is 11.1 Å². The number of hydrogen-bond donors (Lipinski definition) is 2. The predicted molar refractivity (Wildman–Crippen MR) is 82.4 cm³/mol. The van der Waals surface area contributed by atoms with E-state index in [1.54, 1.807) is 19.4 Å². The van der Waals surface area contributed by atoms with Crippen LogP contribution in [0.25, 0.3) is 0 Å². The van der Waals surface area contributed by atoms with E-state index in [-0.39, 0.29) is 0 Å². The molecule has 5 nitrogen and oxygen atoms in total. The number of nitrogens with one attached hydrogen (secondary N) is 1. The third-order valence-corrected chi connectivity index (χ3v) is 2.86. The molecule has 0 saturated carbocycles. The maximum atomic E-state index is 5.79. The summed E-state index contributed by atoms with van der Waals surface area (Å²) in [6, 6.07) is 7.81. The fourth-order valence-electron chi connectivity index (χ4n) is 1.81. The number of benzene rings is 1. The van der Waals surface area contributed by atoms with Crippen molar-refractivity contribution in [1.29, 1.82) is 0 Å². The monoisotopic (exact) mass is 265 g/mol. The van der Waals surface area contributed by atoms with Crippen LogP contribution in [-0.2, 0) is 6.42 Å². The highest BCUT2D eigenvalue weighted by Gasteiger charge is 2.08. The van der Waals surface area contributed by atoms with Crippen molar-refractivity contribution in [3.8, 4) is 0 Å². The first-order valence-electron chi connectivity index (χ1n) is 6.32. The second-order valence-electron chi connectivity index (χ2n) is 4.28. The maximum Gasteiger partial charge on any atom is 0.153 e. The summed E-state index contributed by atoms with van der Waals surface area (Å²) in [5.74, 6) is 1.01. The molecule has 0 saturated heterocycles. The summed E-state index contributed by atoms with van der Waals surface area (Å²) >= 11 is 0. The number of rotatable bonds is 4. The van der Waals surface area contributed by atoms with Gasteiger partial charge in [-0.25, -0.2) is 9.97 Å². The van der Waals surface area contributed by atoms with Crippen LogP contribution in [0.1, 0.15) is 11.3 Å². The quantitative estimate of drug-likeness (QED) is 0.465. The minimum atomic E-state index is 0.369. The summed E-state index contributed by atoms with van der Waals surface area (Å²) in [7, 11) is 7.35. The van der Waals surface area contributed by atoms with E-state index in [0.717, 1.165) is 18.4 Å². The van der Waals surface area contributed by atoms with E-state index in [1.807, 2.05) is 24.3 Å². The first kappa shape index (κ1) is 14.1. The summed E-state index contributed by atoms with van der Waals surface area (Å²) in [6.45, 7) is 0.729. The van der Waals surface area contributed by atoms with Crippen LogP contribution in [0.2, 0.25) is 0 Å². The largest absolute Gasteiger partial charge is 0.382 e. The zero-order valence-corrected chi connectivity index (χ0v) is 11.4. The van der Waals surface area contributed by atoms with Gasteiger partial charge in [0.05, 0.1) is 0 Å². The van der Waals surface area contributed by atoms with Crippen LogP contribution >= 0.6 is 0 Å². The lowest BCUT2D eigenvalue weighted by Crippen LogP contribution is -2.28. The molecular weight excluding hydrogens is 249 g/mol. The normalized spacial score (nSPS) is 11.3. The number of hydrogen-bond acceptors (Lipinski definition) is 4. The number of nitrogens with zero attached hydrogens (tertiary/aromatic N) is 3. The highest BCUT2D eigenvalue weighted by atomic mass is 15.0. The Morgan fingerprint density at radius 1 is 1.25 bits per heavy atom. The molecular formula is C14H16BN5. The lowest BCUT2D eigenvalue weighted by molar-refractivity contribution is 0.860. The fourth-order valence-corrected chi connectivity index (χ4v) is 1.81. The molecule has 1 aromatic heterocycles. The van der Waals surface area contributed by atoms with E-state index in [2.05, 4.69) is 20.3 Å². The van der Waals surface area contributed by atoms with Gasteiger partial charge in [0.1, 0.15) is 13.5 Å². The van der Waals surface area contributed by atoms with Gasteiger partial charge in [-0.05, 0) is 12.0 Å². The highest BCUT2D eigenvalue weighted by Crippen LogP contribution is 2.03. The van der Waals surface area contributed by atoms with Crippen molar-refractivity contribution in [1.82, 2.24) is 15.3 Å². The van der Waals surface area contributed by atoms with E-state index in [1.165, 1.54) is 5.56 Å². The summed E-state index contributed by atoms with van der Waals surface area (Å²) in [6.07, 6.45) is 4.01. The third-order valence-electron chi connectivity index (χ3n) is 2.86. The second-order valence-corrected chi connectivity index (χ2v) is 4.28. The fraction of sp³-hybridized carbons (Fsp3) is 0.214. The molecule has 0 atom stereocenters. The van der Waals surface area contributed by atoms with Crippen molar-refractivity contribution < 1.29 is 0 Å². The van der Waals surface area contributed by atoms with E-state index in [9.17, 15) is 0 Å². The zero-order valence-electron chi connectivity index (χ0n) is 11.4. The summed E-state index contributed by atoms with van der Waals surface area (Å²) in [4.78, 5) is 12.4. The van der Waals surface area contributed by atoms with Crippen LogP contribution < -0.4 is 16.5 Å². The molecule has 6 heteroatoms. The molecule has 3 N–H and O–H groups in total. The number of aromatic nitrogens is 2. The molecule has 0 unspecified atom stereocenters. The molecule has 0 aliphatic rings.